The molecule has 1 saturated heterocycles. The molecule has 4 nitrogen and oxygen atoms in total. The molecule has 3 aliphatic rings. The summed E-state index contributed by atoms with van der Waals surface area (Å²) < 4.78 is 5.22. The molecule has 120 valence electrons. The molecule has 0 bridgehead atoms. The second-order valence-electron chi connectivity index (χ2n) is 6.80. The van der Waals surface area contributed by atoms with Gasteiger partial charge >= 0.3 is 0 Å². The van der Waals surface area contributed by atoms with Crippen molar-refractivity contribution in [2.75, 3.05) is 26.7 Å². The Kier molecular flexibility index (Phi) is 4.50. The number of Topliss-reactive ketones (excluding diaryl/α,β-unsaturated/α-hetero) is 1. The number of carbonyl (C=O) groups excluding carboxylic acids is 1. The van der Waals surface area contributed by atoms with Gasteiger partial charge in [0.1, 0.15) is 5.76 Å². The molecule has 2 atom stereocenters. The third kappa shape index (κ3) is 3.18. The number of methoxy groups -OCH3 is 1. The summed E-state index contributed by atoms with van der Waals surface area (Å²) in [6.45, 7) is 2.37. The van der Waals surface area contributed by atoms with Crippen molar-refractivity contribution in [1.82, 2.24) is 4.90 Å². The molecule has 2 fully saturated rings. The smallest absolute Gasteiger partial charge is 0.172 e. The largest absolute Gasteiger partial charge is 0.497 e. The van der Waals surface area contributed by atoms with Gasteiger partial charge in [-0.05, 0) is 49.3 Å². The van der Waals surface area contributed by atoms with Gasteiger partial charge in [0.15, 0.2) is 5.78 Å². The Hall–Kier alpha value is -1.39. The number of likely N-dealkylation sites (tertiary alicyclic amines) is 1. The van der Waals surface area contributed by atoms with Crippen molar-refractivity contribution < 1.29 is 9.53 Å². The number of hydrogen-bond donors (Lipinski definition) is 1. The quantitative estimate of drug-likeness (QED) is 0.865. The van der Waals surface area contributed by atoms with Gasteiger partial charge in [-0.1, -0.05) is 18.6 Å². The van der Waals surface area contributed by atoms with Crippen LogP contribution in [0, 0.1) is 5.92 Å². The van der Waals surface area contributed by atoms with Crippen LogP contribution in [0.2, 0.25) is 0 Å². The molecule has 0 aromatic heterocycles. The van der Waals surface area contributed by atoms with Gasteiger partial charge in [0.25, 0.3) is 0 Å². The number of nitrogens with two attached hydrogens (primary N) is 1. The maximum absolute atomic E-state index is 12.6. The minimum Gasteiger partial charge on any atom is -0.497 e. The van der Waals surface area contributed by atoms with Gasteiger partial charge in [0, 0.05) is 18.6 Å². The predicted octanol–water partition coefficient (Wildman–Crippen LogP) is 2.18. The zero-order valence-electron chi connectivity index (χ0n) is 13.4. The van der Waals surface area contributed by atoms with Crippen molar-refractivity contribution in [3.63, 3.8) is 0 Å². The first-order valence-corrected chi connectivity index (χ1v) is 8.25. The number of ketones is 1. The van der Waals surface area contributed by atoms with E-state index in [4.69, 9.17) is 10.5 Å². The molecule has 0 unspecified atom stereocenters. The average molecular weight is 302 g/mol. The van der Waals surface area contributed by atoms with Crippen molar-refractivity contribution in [3.8, 4) is 0 Å². The Balaban J connectivity index is 1.59. The molecule has 1 saturated carbocycles. The predicted molar refractivity (Wildman–Crippen MR) is 87.3 cm³/mol. The summed E-state index contributed by atoms with van der Waals surface area (Å²) in [5, 5.41) is 0. The number of hydrogen-bond acceptors (Lipinski definition) is 4. The minimum absolute atomic E-state index is 0.0361. The molecular weight excluding hydrogens is 276 g/mol. The monoisotopic (exact) mass is 302 g/mol. The summed E-state index contributed by atoms with van der Waals surface area (Å²) in [5.74, 6) is 1.68. The summed E-state index contributed by atoms with van der Waals surface area (Å²) in [5.41, 5.74) is 7.36. The first-order valence-electron chi connectivity index (χ1n) is 8.25. The third-order valence-corrected chi connectivity index (χ3v) is 5.27. The highest BCUT2D eigenvalue weighted by molar-refractivity contribution is 5.97. The normalized spacial score (nSPS) is 34.4. The molecule has 0 aromatic carbocycles. The van der Waals surface area contributed by atoms with Crippen molar-refractivity contribution >= 4 is 5.78 Å². The molecule has 3 rings (SSSR count). The van der Waals surface area contributed by atoms with E-state index >= 15 is 0 Å². The van der Waals surface area contributed by atoms with Gasteiger partial charge in [-0.3, -0.25) is 9.69 Å². The van der Waals surface area contributed by atoms with E-state index in [2.05, 4.69) is 4.90 Å². The van der Waals surface area contributed by atoms with Gasteiger partial charge in [-0.25, -0.2) is 0 Å². The van der Waals surface area contributed by atoms with Crippen molar-refractivity contribution in [3.05, 3.63) is 35.6 Å². The Bertz CT molecular complexity index is 535. The zero-order valence-corrected chi connectivity index (χ0v) is 13.4. The van der Waals surface area contributed by atoms with E-state index in [0.717, 1.165) is 37.3 Å². The Labute approximate surface area is 132 Å². The number of rotatable bonds is 4. The lowest BCUT2D eigenvalue weighted by Gasteiger charge is -2.23. The van der Waals surface area contributed by atoms with Gasteiger partial charge in [0.05, 0.1) is 13.7 Å². The summed E-state index contributed by atoms with van der Waals surface area (Å²) in [6, 6.07) is 0. The van der Waals surface area contributed by atoms with E-state index in [-0.39, 0.29) is 11.3 Å². The van der Waals surface area contributed by atoms with Crippen LogP contribution in [0.15, 0.2) is 35.6 Å². The molecule has 1 heterocycles. The first kappa shape index (κ1) is 15.5. The third-order valence-electron chi connectivity index (χ3n) is 5.27. The van der Waals surface area contributed by atoms with E-state index in [1.807, 2.05) is 24.3 Å². The van der Waals surface area contributed by atoms with Crippen molar-refractivity contribution in [1.29, 1.82) is 0 Å². The number of allylic oxidation sites excluding steroid dienone is 4. The maximum Gasteiger partial charge on any atom is 0.172 e. The second-order valence-corrected chi connectivity index (χ2v) is 6.80. The van der Waals surface area contributed by atoms with Crippen LogP contribution in [0.4, 0.5) is 0 Å². The van der Waals surface area contributed by atoms with Gasteiger partial charge in [0.2, 0.25) is 0 Å². The molecule has 2 N–H and O–H groups in total. The summed E-state index contributed by atoms with van der Waals surface area (Å²) >= 11 is 0. The topological polar surface area (TPSA) is 55.6 Å². The molecule has 0 aromatic rings. The highest BCUT2D eigenvalue weighted by atomic mass is 16.5. The number of fused-ring (bicyclic) bond motifs is 1. The fraction of sp³-hybridized carbons (Fsp3) is 0.611. The minimum atomic E-state index is -0.0361. The van der Waals surface area contributed by atoms with Crippen LogP contribution in [-0.4, -0.2) is 43.0 Å². The SMILES string of the molecule is COC1=CC/C=C(/C(=O)CN2C[C@H]3CCC[C@@]3(N)C2)CC=C1. The fourth-order valence-electron chi connectivity index (χ4n) is 4.02. The lowest BCUT2D eigenvalue weighted by molar-refractivity contribution is -0.116. The molecule has 4 heteroatoms. The van der Waals surface area contributed by atoms with Crippen LogP contribution in [0.25, 0.3) is 0 Å². The molecule has 0 amide bonds. The van der Waals surface area contributed by atoms with E-state index < -0.39 is 0 Å². The summed E-state index contributed by atoms with van der Waals surface area (Å²) in [7, 11) is 1.67. The number of nitrogens with zero attached hydrogens (tertiary/aromatic N) is 1. The van der Waals surface area contributed by atoms with E-state index in [0.29, 0.717) is 18.9 Å². The highest BCUT2D eigenvalue weighted by Gasteiger charge is 2.46. The van der Waals surface area contributed by atoms with E-state index in [1.54, 1.807) is 7.11 Å². The first-order chi connectivity index (χ1) is 10.6. The number of ether oxygens (including phenoxy) is 1. The molecule has 1 aliphatic heterocycles. The van der Waals surface area contributed by atoms with Crippen LogP contribution in [0.3, 0.4) is 0 Å². The van der Waals surface area contributed by atoms with Crippen LogP contribution >= 0.6 is 0 Å². The average Bonchev–Trinajstić information content (AvgIpc) is 2.92. The van der Waals surface area contributed by atoms with E-state index in [1.165, 1.54) is 12.8 Å². The fourth-order valence-corrected chi connectivity index (χ4v) is 4.02. The second kappa shape index (κ2) is 6.39. The lowest BCUT2D eigenvalue weighted by atomic mass is 9.92. The van der Waals surface area contributed by atoms with Gasteiger partial charge in [-0.15, -0.1) is 0 Å². The van der Waals surface area contributed by atoms with Crippen molar-refractivity contribution in [2.24, 2.45) is 11.7 Å². The zero-order chi connectivity index (χ0) is 15.6. The van der Waals surface area contributed by atoms with Crippen LogP contribution in [0.1, 0.15) is 32.1 Å². The Morgan fingerprint density at radius 2 is 2.36 bits per heavy atom. The van der Waals surface area contributed by atoms with E-state index in [9.17, 15) is 4.79 Å². The highest BCUT2D eigenvalue weighted by Crippen LogP contribution is 2.39. The van der Waals surface area contributed by atoms with Gasteiger partial charge < -0.3 is 10.5 Å². The Morgan fingerprint density at radius 1 is 1.50 bits per heavy atom. The van der Waals surface area contributed by atoms with Crippen LogP contribution in [-0.2, 0) is 9.53 Å². The maximum atomic E-state index is 12.6. The Morgan fingerprint density at radius 3 is 3.14 bits per heavy atom. The standard InChI is InChI=1S/C18H26N2O2/c1-22-16-8-2-5-14(6-3-9-16)17(21)12-20-11-15-7-4-10-18(15,19)13-20/h2,6,8-9,15H,3-5,7,10-13,19H2,1H3/b8-2?,14-6+,16-9?/t15-,18-/m1/s1. The van der Waals surface area contributed by atoms with Crippen molar-refractivity contribution in [2.45, 2.75) is 37.6 Å². The van der Waals surface area contributed by atoms with Crippen LogP contribution in [0.5, 0.6) is 0 Å². The molecule has 2 aliphatic carbocycles. The molecule has 0 spiro atoms. The summed E-state index contributed by atoms with van der Waals surface area (Å²) in [6.07, 6.45) is 13.0. The summed E-state index contributed by atoms with van der Waals surface area (Å²) in [4.78, 5) is 14.8. The van der Waals surface area contributed by atoms with Gasteiger partial charge in [-0.2, -0.15) is 0 Å². The molecular formula is C18H26N2O2. The number of carbonyl (C=O) groups is 1. The van der Waals surface area contributed by atoms with Crippen LogP contribution < -0.4 is 5.73 Å². The molecule has 22 heavy (non-hydrogen) atoms. The molecule has 0 radical (unpaired) electrons. The lowest BCUT2D eigenvalue weighted by Crippen LogP contribution is -2.44.